The van der Waals surface area contributed by atoms with Crippen molar-refractivity contribution < 1.29 is 0 Å². The second-order valence-electron chi connectivity index (χ2n) is 4.79. The molecule has 0 atom stereocenters. The van der Waals surface area contributed by atoms with Crippen LogP contribution < -0.4 is 0 Å². The van der Waals surface area contributed by atoms with E-state index in [1.807, 2.05) is 18.2 Å². The number of pyridine rings is 2. The Kier molecular flexibility index (Phi) is 4.64. The first-order valence-electron chi connectivity index (χ1n) is 7.19. The van der Waals surface area contributed by atoms with Crippen LogP contribution in [0.3, 0.4) is 0 Å². The zero-order valence-corrected chi connectivity index (χ0v) is 13.4. The van der Waals surface area contributed by atoms with Crippen LogP contribution in [-0.4, -0.2) is 24.7 Å². The summed E-state index contributed by atoms with van der Waals surface area (Å²) in [4.78, 5) is 8.32. The molecule has 3 aromatic heterocycles. The fourth-order valence-electron chi connectivity index (χ4n) is 2.10. The van der Waals surface area contributed by atoms with Crippen LogP contribution >= 0.6 is 11.8 Å². The van der Waals surface area contributed by atoms with Gasteiger partial charge in [0, 0.05) is 30.7 Å². The minimum Gasteiger partial charge on any atom is -0.302 e. The highest BCUT2D eigenvalue weighted by molar-refractivity contribution is 7.99. The Balaban J connectivity index is 1.93. The van der Waals surface area contributed by atoms with Crippen molar-refractivity contribution >= 4 is 11.8 Å². The van der Waals surface area contributed by atoms with Crippen LogP contribution in [0.5, 0.6) is 0 Å². The summed E-state index contributed by atoms with van der Waals surface area (Å²) >= 11 is 1.44. The molecule has 23 heavy (non-hydrogen) atoms. The molecule has 0 saturated carbocycles. The van der Waals surface area contributed by atoms with Crippen LogP contribution in [0, 0.1) is 11.3 Å². The lowest BCUT2D eigenvalue weighted by Crippen LogP contribution is -2.02. The molecule has 3 rings (SSSR count). The number of nitriles is 1. The average Bonchev–Trinajstić information content (AvgIpc) is 2.99. The van der Waals surface area contributed by atoms with Crippen molar-refractivity contribution in [3.63, 3.8) is 0 Å². The minimum atomic E-state index is 0.543. The standard InChI is InChI=1S/C16H14N6S/c1-2-9-22-15(13-5-7-18-8-6-13)20-21-16(22)23-14-4-3-12(10-17)11-19-14/h3-8,11H,2,9H2,1H3. The quantitative estimate of drug-likeness (QED) is 0.718. The number of aromatic nitrogens is 5. The van der Waals surface area contributed by atoms with Crippen molar-refractivity contribution in [1.29, 1.82) is 5.26 Å². The van der Waals surface area contributed by atoms with Gasteiger partial charge in [-0.25, -0.2) is 4.98 Å². The van der Waals surface area contributed by atoms with E-state index in [1.165, 1.54) is 11.8 Å². The number of hydrogen-bond donors (Lipinski definition) is 0. The molecule has 7 heteroatoms. The van der Waals surface area contributed by atoms with E-state index < -0.39 is 0 Å². The highest BCUT2D eigenvalue weighted by Crippen LogP contribution is 2.28. The maximum atomic E-state index is 8.83. The normalized spacial score (nSPS) is 10.4. The van der Waals surface area contributed by atoms with Gasteiger partial charge in [-0.15, -0.1) is 10.2 Å². The van der Waals surface area contributed by atoms with Crippen LogP contribution in [0.4, 0.5) is 0 Å². The van der Waals surface area contributed by atoms with Crippen LogP contribution in [0.15, 0.2) is 53.0 Å². The van der Waals surface area contributed by atoms with Crippen LogP contribution in [-0.2, 0) is 6.54 Å². The molecule has 0 amide bonds. The van der Waals surface area contributed by atoms with E-state index in [0.717, 1.165) is 34.5 Å². The van der Waals surface area contributed by atoms with Gasteiger partial charge in [0.15, 0.2) is 11.0 Å². The van der Waals surface area contributed by atoms with Gasteiger partial charge in [0.1, 0.15) is 11.1 Å². The molecule has 0 bridgehead atoms. The van der Waals surface area contributed by atoms with E-state index >= 15 is 0 Å². The van der Waals surface area contributed by atoms with E-state index in [0.29, 0.717) is 5.56 Å². The molecule has 3 heterocycles. The Labute approximate surface area is 138 Å². The molecule has 0 saturated heterocycles. The number of hydrogen-bond acceptors (Lipinski definition) is 6. The maximum absolute atomic E-state index is 8.83. The van der Waals surface area contributed by atoms with Gasteiger partial charge in [0.05, 0.1) is 5.56 Å². The summed E-state index contributed by atoms with van der Waals surface area (Å²) in [5.74, 6) is 0.824. The van der Waals surface area contributed by atoms with Gasteiger partial charge in [-0.3, -0.25) is 4.98 Å². The van der Waals surface area contributed by atoms with Crippen molar-refractivity contribution in [2.45, 2.75) is 30.1 Å². The largest absolute Gasteiger partial charge is 0.302 e. The molecule has 0 aliphatic rings. The van der Waals surface area contributed by atoms with Gasteiger partial charge < -0.3 is 4.57 Å². The molecule has 0 aliphatic heterocycles. The monoisotopic (exact) mass is 322 g/mol. The topological polar surface area (TPSA) is 80.3 Å². The molecule has 0 fully saturated rings. The van der Waals surface area contributed by atoms with Crippen LogP contribution in [0.2, 0.25) is 0 Å². The minimum absolute atomic E-state index is 0.543. The zero-order valence-electron chi connectivity index (χ0n) is 12.5. The average molecular weight is 322 g/mol. The molecule has 0 unspecified atom stereocenters. The molecule has 3 aromatic rings. The molecular weight excluding hydrogens is 308 g/mol. The van der Waals surface area contributed by atoms with Crippen molar-refractivity contribution in [2.75, 3.05) is 0 Å². The summed E-state index contributed by atoms with van der Waals surface area (Å²) in [6.07, 6.45) is 6.03. The summed E-state index contributed by atoms with van der Waals surface area (Å²) in [6.45, 7) is 2.94. The number of rotatable bonds is 5. The van der Waals surface area contributed by atoms with E-state index in [9.17, 15) is 0 Å². The molecule has 0 aliphatic carbocycles. The molecule has 0 spiro atoms. The van der Waals surface area contributed by atoms with Gasteiger partial charge in [0.2, 0.25) is 0 Å². The highest BCUT2D eigenvalue weighted by atomic mass is 32.2. The molecule has 6 nitrogen and oxygen atoms in total. The number of nitrogens with zero attached hydrogens (tertiary/aromatic N) is 6. The van der Waals surface area contributed by atoms with Crippen molar-refractivity contribution in [1.82, 2.24) is 24.7 Å². The smallest absolute Gasteiger partial charge is 0.197 e. The van der Waals surface area contributed by atoms with Crippen molar-refractivity contribution in [3.8, 4) is 17.5 Å². The lowest BCUT2D eigenvalue weighted by atomic mass is 10.2. The Morgan fingerprint density at radius 2 is 2.00 bits per heavy atom. The van der Waals surface area contributed by atoms with Gasteiger partial charge in [0.25, 0.3) is 0 Å². The zero-order chi connectivity index (χ0) is 16.1. The summed E-state index contributed by atoms with van der Waals surface area (Å²) in [6, 6.07) is 9.48. The second kappa shape index (κ2) is 7.03. The van der Waals surface area contributed by atoms with Gasteiger partial charge in [-0.2, -0.15) is 5.26 Å². The lowest BCUT2D eigenvalue weighted by Gasteiger charge is -2.08. The first kappa shape index (κ1) is 15.2. The molecule has 0 radical (unpaired) electrons. The van der Waals surface area contributed by atoms with Gasteiger partial charge in [-0.05, 0) is 42.4 Å². The van der Waals surface area contributed by atoms with Crippen molar-refractivity contribution in [2.24, 2.45) is 0 Å². The predicted molar refractivity (Wildman–Crippen MR) is 86.6 cm³/mol. The van der Waals surface area contributed by atoms with Crippen molar-refractivity contribution in [3.05, 3.63) is 48.4 Å². The third kappa shape index (κ3) is 3.38. The Morgan fingerprint density at radius 1 is 1.17 bits per heavy atom. The van der Waals surface area contributed by atoms with Crippen LogP contribution in [0.25, 0.3) is 11.4 Å². The third-order valence-electron chi connectivity index (χ3n) is 3.16. The summed E-state index contributed by atoms with van der Waals surface area (Å²) in [5, 5.41) is 19.0. The molecule has 0 N–H and O–H groups in total. The molecule has 0 aromatic carbocycles. The van der Waals surface area contributed by atoms with Gasteiger partial charge >= 0.3 is 0 Å². The first-order valence-corrected chi connectivity index (χ1v) is 8.01. The second-order valence-corrected chi connectivity index (χ2v) is 5.78. The van der Waals surface area contributed by atoms with E-state index in [-0.39, 0.29) is 0 Å². The Bertz CT molecular complexity index is 820. The Hall–Kier alpha value is -2.72. The third-order valence-corrected chi connectivity index (χ3v) is 4.10. The van der Waals surface area contributed by atoms with E-state index in [2.05, 4.69) is 37.7 Å². The summed E-state index contributed by atoms with van der Waals surface area (Å²) in [7, 11) is 0. The molecular formula is C16H14N6S. The SMILES string of the molecule is CCCn1c(Sc2ccc(C#N)cn2)nnc1-c1ccncc1. The van der Waals surface area contributed by atoms with E-state index in [1.54, 1.807) is 24.7 Å². The van der Waals surface area contributed by atoms with Gasteiger partial charge in [-0.1, -0.05) is 6.92 Å². The lowest BCUT2D eigenvalue weighted by molar-refractivity contribution is 0.626. The summed E-state index contributed by atoms with van der Waals surface area (Å²) in [5.41, 5.74) is 1.53. The fourth-order valence-corrected chi connectivity index (χ4v) is 2.90. The predicted octanol–water partition coefficient (Wildman–Crippen LogP) is 3.17. The summed E-state index contributed by atoms with van der Waals surface area (Å²) < 4.78 is 2.08. The maximum Gasteiger partial charge on any atom is 0.197 e. The molecule has 114 valence electrons. The first-order chi connectivity index (χ1) is 11.3. The highest BCUT2D eigenvalue weighted by Gasteiger charge is 2.14. The van der Waals surface area contributed by atoms with Crippen LogP contribution in [0.1, 0.15) is 18.9 Å². The fraction of sp³-hybridized carbons (Fsp3) is 0.188. The Morgan fingerprint density at radius 3 is 2.65 bits per heavy atom. The van der Waals surface area contributed by atoms with E-state index in [4.69, 9.17) is 5.26 Å².